The Kier molecular flexibility index (Phi) is 4.91. The fourth-order valence-corrected chi connectivity index (χ4v) is 4.02. The van der Waals surface area contributed by atoms with E-state index >= 15 is 0 Å². The first-order valence-electron chi connectivity index (χ1n) is 9.83. The van der Waals surface area contributed by atoms with Gasteiger partial charge in [-0.15, -0.1) is 10.2 Å². The molecule has 0 unspecified atom stereocenters. The van der Waals surface area contributed by atoms with Gasteiger partial charge in [0, 0.05) is 35.3 Å². The van der Waals surface area contributed by atoms with Crippen LogP contribution in [0.25, 0.3) is 28.3 Å². The van der Waals surface area contributed by atoms with Crippen LogP contribution in [0.1, 0.15) is 0 Å². The number of sulfone groups is 1. The lowest BCUT2D eigenvalue weighted by Crippen LogP contribution is -1.97. The summed E-state index contributed by atoms with van der Waals surface area (Å²) >= 11 is 0. The van der Waals surface area contributed by atoms with Gasteiger partial charge in [0.25, 0.3) is 5.78 Å². The van der Waals surface area contributed by atoms with E-state index in [9.17, 15) is 8.42 Å². The molecule has 0 aliphatic rings. The predicted octanol–water partition coefficient (Wildman–Crippen LogP) is 4.65. The molecule has 2 aromatic heterocycles. The topological polar surface area (TPSA) is 86.5 Å². The zero-order valence-electron chi connectivity index (χ0n) is 17.1. The maximum absolute atomic E-state index is 11.8. The van der Waals surface area contributed by atoms with Crippen LogP contribution in [0.3, 0.4) is 0 Å². The SMILES string of the molecule is CS(=O)(=O)c1ccc(-c2nnc3ncc(-c4ccccc4Oc4ccccc4)cn23)cc1. The largest absolute Gasteiger partial charge is 0.457 e. The molecule has 0 spiro atoms. The van der Waals surface area contributed by atoms with Crippen molar-refractivity contribution >= 4 is 15.6 Å². The van der Waals surface area contributed by atoms with E-state index in [1.807, 2.05) is 60.8 Å². The van der Waals surface area contributed by atoms with Crippen molar-refractivity contribution in [1.29, 1.82) is 0 Å². The number of fused-ring (bicyclic) bond motifs is 1. The summed E-state index contributed by atoms with van der Waals surface area (Å²) in [6.07, 6.45) is 4.81. The molecular formula is C24H18N4O3S. The fourth-order valence-electron chi connectivity index (χ4n) is 3.39. The van der Waals surface area contributed by atoms with E-state index < -0.39 is 9.84 Å². The number of rotatable bonds is 5. The van der Waals surface area contributed by atoms with E-state index in [4.69, 9.17) is 4.74 Å². The molecule has 5 aromatic rings. The zero-order chi connectivity index (χ0) is 22.1. The van der Waals surface area contributed by atoms with Crippen molar-refractivity contribution in [2.75, 3.05) is 6.26 Å². The van der Waals surface area contributed by atoms with Crippen LogP contribution < -0.4 is 4.74 Å². The van der Waals surface area contributed by atoms with Crippen LogP contribution in [-0.2, 0) is 9.84 Å². The lowest BCUT2D eigenvalue weighted by atomic mass is 10.1. The predicted molar refractivity (Wildman–Crippen MR) is 121 cm³/mol. The molecule has 0 saturated heterocycles. The van der Waals surface area contributed by atoms with Gasteiger partial charge >= 0.3 is 0 Å². The first-order valence-corrected chi connectivity index (χ1v) is 11.7. The Morgan fingerprint density at radius 3 is 2.28 bits per heavy atom. The minimum atomic E-state index is -3.27. The smallest absolute Gasteiger partial charge is 0.255 e. The summed E-state index contributed by atoms with van der Waals surface area (Å²) in [5.41, 5.74) is 2.44. The highest BCUT2D eigenvalue weighted by Gasteiger charge is 2.14. The molecule has 5 rings (SSSR count). The van der Waals surface area contributed by atoms with E-state index in [0.717, 1.165) is 22.4 Å². The average Bonchev–Trinajstić information content (AvgIpc) is 3.23. The number of hydrogen-bond donors (Lipinski definition) is 0. The molecule has 0 aliphatic carbocycles. The molecule has 32 heavy (non-hydrogen) atoms. The van der Waals surface area contributed by atoms with Crippen molar-refractivity contribution in [2.24, 2.45) is 0 Å². The van der Waals surface area contributed by atoms with E-state index in [1.54, 1.807) is 34.9 Å². The van der Waals surface area contributed by atoms with Gasteiger partial charge in [0.1, 0.15) is 11.5 Å². The maximum Gasteiger partial charge on any atom is 0.255 e. The highest BCUT2D eigenvalue weighted by molar-refractivity contribution is 7.90. The van der Waals surface area contributed by atoms with Gasteiger partial charge in [-0.1, -0.05) is 36.4 Å². The molecule has 7 nitrogen and oxygen atoms in total. The van der Waals surface area contributed by atoms with Crippen molar-refractivity contribution in [3.8, 4) is 34.0 Å². The van der Waals surface area contributed by atoms with Crippen molar-refractivity contribution in [1.82, 2.24) is 19.6 Å². The van der Waals surface area contributed by atoms with Crippen LogP contribution in [0.15, 0.2) is 96.2 Å². The second-order valence-corrected chi connectivity index (χ2v) is 9.26. The second kappa shape index (κ2) is 7.90. The van der Waals surface area contributed by atoms with Gasteiger partial charge < -0.3 is 4.74 Å². The summed E-state index contributed by atoms with van der Waals surface area (Å²) in [7, 11) is -3.27. The van der Waals surface area contributed by atoms with Crippen molar-refractivity contribution < 1.29 is 13.2 Å². The van der Waals surface area contributed by atoms with Crippen molar-refractivity contribution in [2.45, 2.75) is 4.90 Å². The quantitative estimate of drug-likeness (QED) is 0.394. The summed E-state index contributed by atoms with van der Waals surface area (Å²) in [5, 5.41) is 8.40. The number of ether oxygens (including phenoxy) is 1. The maximum atomic E-state index is 11.8. The van der Waals surface area contributed by atoms with E-state index in [-0.39, 0.29) is 4.90 Å². The number of nitrogens with zero attached hydrogens (tertiary/aromatic N) is 4. The first kappa shape index (κ1) is 19.9. The summed E-state index contributed by atoms with van der Waals surface area (Å²) in [5.74, 6) is 2.45. The summed E-state index contributed by atoms with van der Waals surface area (Å²) in [4.78, 5) is 4.70. The third kappa shape index (κ3) is 3.83. The Morgan fingerprint density at radius 1 is 0.812 bits per heavy atom. The standard InChI is InChI=1S/C24H18N4O3S/c1-32(29,30)20-13-11-17(12-14-20)23-26-27-24-25-15-18(16-28(23)24)21-9-5-6-10-22(21)31-19-7-3-2-4-8-19/h2-16H,1H3. The average molecular weight is 443 g/mol. The molecule has 0 amide bonds. The Morgan fingerprint density at radius 2 is 1.53 bits per heavy atom. The first-order chi connectivity index (χ1) is 15.5. The van der Waals surface area contributed by atoms with Crippen molar-refractivity contribution in [3.63, 3.8) is 0 Å². The molecular weight excluding hydrogens is 424 g/mol. The van der Waals surface area contributed by atoms with Crippen LogP contribution >= 0.6 is 0 Å². The van der Waals surface area contributed by atoms with Crippen LogP contribution in [0.4, 0.5) is 0 Å². The Balaban J connectivity index is 1.57. The monoisotopic (exact) mass is 442 g/mol. The highest BCUT2D eigenvalue weighted by atomic mass is 32.2. The third-order valence-corrected chi connectivity index (χ3v) is 6.10. The minimum Gasteiger partial charge on any atom is -0.457 e. The molecule has 0 bridgehead atoms. The molecule has 2 heterocycles. The molecule has 0 N–H and O–H groups in total. The van der Waals surface area contributed by atoms with E-state index in [1.165, 1.54) is 6.26 Å². The zero-order valence-corrected chi connectivity index (χ0v) is 17.9. The molecule has 3 aromatic carbocycles. The molecule has 0 aliphatic heterocycles. The van der Waals surface area contributed by atoms with Crippen LogP contribution in [0, 0.1) is 0 Å². The lowest BCUT2D eigenvalue weighted by Gasteiger charge is -2.11. The van der Waals surface area contributed by atoms with E-state index in [0.29, 0.717) is 17.4 Å². The molecule has 0 atom stereocenters. The number of hydrogen-bond acceptors (Lipinski definition) is 6. The van der Waals surface area contributed by atoms with Gasteiger partial charge in [-0.2, -0.15) is 0 Å². The summed E-state index contributed by atoms with van der Waals surface area (Å²) in [6, 6.07) is 23.9. The Bertz CT molecular complexity index is 1510. The van der Waals surface area contributed by atoms with Gasteiger partial charge in [-0.05, 0) is 42.5 Å². The second-order valence-electron chi connectivity index (χ2n) is 7.24. The molecule has 158 valence electrons. The molecule has 0 radical (unpaired) electrons. The van der Waals surface area contributed by atoms with Crippen LogP contribution in [-0.4, -0.2) is 34.3 Å². The number of benzene rings is 3. The third-order valence-electron chi connectivity index (χ3n) is 4.97. The van der Waals surface area contributed by atoms with Gasteiger partial charge in [0.2, 0.25) is 0 Å². The Hall–Kier alpha value is -4.04. The van der Waals surface area contributed by atoms with E-state index in [2.05, 4.69) is 15.2 Å². The number of para-hydroxylation sites is 2. The molecule has 8 heteroatoms. The minimum absolute atomic E-state index is 0.251. The highest BCUT2D eigenvalue weighted by Crippen LogP contribution is 2.33. The normalized spacial score (nSPS) is 11.5. The Labute approximate surface area is 184 Å². The van der Waals surface area contributed by atoms with Gasteiger partial charge in [-0.25, -0.2) is 13.4 Å². The molecule has 0 saturated carbocycles. The molecule has 0 fully saturated rings. The lowest BCUT2D eigenvalue weighted by molar-refractivity contribution is 0.484. The fraction of sp³-hybridized carbons (Fsp3) is 0.0417. The number of aromatic nitrogens is 4. The van der Waals surface area contributed by atoms with Crippen molar-refractivity contribution in [3.05, 3.63) is 91.3 Å². The summed E-state index contributed by atoms with van der Waals surface area (Å²) < 4.78 is 31.4. The van der Waals surface area contributed by atoms with Gasteiger partial charge in [0.15, 0.2) is 15.7 Å². The van der Waals surface area contributed by atoms with Gasteiger partial charge in [-0.3, -0.25) is 4.40 Å². The van der Waals surface area contributed by atoms with Gasteiger partial charge in [0.05, 0.1) is 4.90 Å². The summed E-state index contributed by atoms with van der Waals surface area (Å²) in [6.45, 7) is 0. The van der Waals surface area contributed by atoms with Crippen LogP contribution in [0.2, 0.25) is 0 Å². The van der Waals surface area contributed by atoms with Crippen LogP contribution in [0.5, 0.6) is 11.5 Å².